The van der Waals surface area contributed by atoms with Crippen LogP contribution in [0.4, 0.5) is 0 Å². The molecule has 3 heterocycles. The molecular weight excluding hydrogens is 316 g/mol. The minimum Gasteiger partial charge on any atom is -0.481 e. The molecule has 0 spiro atoms. The van der Waals surface area contributed by atoms with Crippen LogP contribution in [0.2, 0.25) is 0 Å². The SMILES string of the molecule is CN1CCN([C@@H]2CCN(Cc3ccccn3)C[C@@H]2CCC(=O)O)CC1. The van der Waals surface area contributed by atoms with Gasteiger partial charge in [-0.15, -0.1) is 0 Å². The molecule has 0 amide bonds. The first-order valence-electron chi connectivity index (χ1n) is 9.38. The van der Waals surface area contributed by atoms with Gasteiger partial charge < -0.3 is 10.0 Å². The monoisotopic (exact) mass is 346 g/mol. The highest BCUT2D eigenvalue weighted by Crippen LogP contribution is 2.27. The highest BCUT2D eigenvalue weighted by Gasteiger charge is 2.34. The molecule has 1 aromatic rings. The minimum absolute atomic E-state index is 0.270. The number of piperazine rings is 1. The van der Waals surface area contributed by atoms with Crippen LogP contribution >= 0.6 is 0 Å². The van der Waals surface area contributed by atoms with E-state index in [1.165, 1.54) is 0 Å². The summed E-state index contributed by atoms with van der Waals surface area (Å²) in [5.41, 5.74) is 1.09. The Labute approximate surface area is 150 Å². The Morgan fingerprint density at radius 3 is 2.72 bits per heavy atom. The van der Waals surface area contributed by atoms with E-state index in [2.05, 4.69) is 32.8 Å². The molecule has 0 bridgehead atoms. The van der Waals surface area contributed by atoms with Gasteiger partial charge in [-0.25, -0.2) is 0 Å². The number of hydrogen-bond acceptors (Lipinski definition) is 5. The smallest absolute Gasteiger partial charge is 0.303 e. The third-order valence-electron chi connectivity index (χ3n) is 5.63. The summed E-state index contributed by atoms with van der Waals surface area (Å²) in [6, 6.07) is 6.56. The number of carbonyl (C=O) groups is 1. The normalized spacial score (nSPS) is 26.6. The van der Waals surface area contributed by atoms with Gasteiger partial charge in [0.05, 0.1) is 5.69 Å². The summed E-state index contributed by atoms with van der Waals surface area (Å²) < 4.78 is 0. The van der Waals surface area contributed by atoms with Crippen molar-refractivity contribution in [2.45, 2.75) is 31.8 Å². The van der Waals surface area contributed by atoms with E-state index < -0.39 is 5.97 Å². The van der Waals surface area contributed by atoms with Crippen molar-refractivity contribution < 1.29 is 9.90 Å². The van der Waals surface area contributed by atoms with E-state index in [9.17, 15) is 4.79 Å². The Balaban J connectivity index is 1.62. The van der Waals surface area contributed by atoms with E-state index >= 15 is 0 Å². The Kier molecular flexibility index (Phi) is 6.39. The maximum absolute atomic E-state index is 11.1. The van der Waals surface area contributed by atoms with Gasteiger partial charge in [0.25, 0.3) is 0 Å². The molecule has 25 heavy (non-hydrogen) atoms. The zero-order chi connectivity index (χ0) is 17.6. The van der Waals surface area contributed by atoms with E-state index in [-0.39, 0.29) is 6.42 Å². The van der Waals surface area contributed by atoms with Gasteiger partial charge in [-0.05, 0) is 37.9 Å². The molecule has 2 atom stereocenters. The molecule has 138 valence electrons. The number of carboxylic acids is 1. The van der Waals surface area contributed by atoms with E-state index in [0.717, 1.165) is 64.3 Å². The molecule has 1 aromatic heterocycles. The topological polar surface area (TPSA) is 59.9 Å². The summed E-state index contributed by atoms with van der Waals surface area (Å²) in [6.07, 6.45) is 4.01. The van der Waals surface area contributed by atoms with Crippen LogP contribution < -0.4 is 0 Å². The second-order valence-corrected chi connectivity index (χ2v) is 7.44. The first-order valence-corrected chi connectivity index (χ1v) is 9.38. The van der Waals surface area contributed by atoms with Crippen LogP contribution in [0.5, 0.6) is 0 Å². The van der Waals surface area contributed by atoms with Crippen LogP contribution in [0.3, 0.4) is 0 Å². The van der Waals surface area contributed by atoms with Gasteiger partial charge in [0.15, 0.2) is 0 Å². The molecule has 0 unspecified atom stereocenters. The van der Waals surface area contributed by atoms with Crippen molar-refractivity contribution in [1.82, 2.24) is 19.7 Å². The highest BCUT2D eigenvalue weighted by atomic mass is 16.4. The summed E-state index contributed by atoms with van der Waals surface area (Å²) in [4.78, 5) is 23.0. The van der Waals surface area contributed by atoms with Crippen LogP contribution in [0.25, 0.3) is 0 Å². The van der Waals surface area contributed by atoms with Crippen molar-refractivity contribution in [3.05, 3.63) is 30.1 Å². The average molecular weight is 346 g/mol. The molecule has 2 aliphatic heterocycles. The predicted octanol–water partition coefficient (Wildman–Crippen LogP) is 1.38. The third kappa shape index (κ3) is 5.23. The van der Waals surface area contributed by atoms with Crippen molar-refractivity contribution in [3.8, 4) is 0 Å². The fourth-order valence-corrected chi connectivity index (χ4v) is 4.19. The van der Waals surface area contributed by atoms with Gasteiger partial charge in [0, 0.05) is 64.5 Å². The number of likely N-dealkylation sites (N-methyl/N-ethyl adjacent to an activating group) is 1. The molecule has 2 fully saturated rings. The zero-order valence-electron chi connectivity index (χ0n) is 15.2. The fourth-order valence-electron chi connectivity index (χ4n) is 4.19. The lowest BCUT2D eigenvalue weighted by Gasteiger charge is -2.46. The lowest BCUT2D eigenvalue weighted by atomic mass is 9.86. The molecule has 3 rings (SSSR count). The average Bonchev–Trinajstić information content (AvgIpc) is 2.62. The van der Waals surface area contributed by atoms with Gasteiger partial charge >= 0.3 is 5.97 Å². The summed E-state index contributed by atoms with van der Waals surface area (Å²) >= 11 is 0. The van der Waals surface area contributed by atoms with Gasteiger partial charge in [-0.2, -0.15) is 0 Å². The lowest BCUT2D eigenvalue weighted by Crippen LogP contribution is -2.56. The second kappa shape index (κ2) is 8.74. The molecule has 6 nitrogen and oxygen atoms in total. The molecule has 0 saturated carbocycles. The molecule has 1 N–H and O–H groups in total. The predicted molar refractivity (Wildman–Crippen MR) is 97.3 cm³/mol. The van der Waals surface area contributed by atoms with Gasteiger partial charge in [-0.1, -0.05) is 6.07 Å². The first-order chi connectivity index (χ1) is 12.1. The quantitative estimate of drug-likeness (QED) is 0.840. The minimum atomic E-state index is -0.682. The van der Waals surface area contributed by atoms with Gasteiger partial charge in [-0.3, -0.25) is 19.6 Å². The zero-order valence-corrected chi connectivity index (χ0v) is 15.2. The van der Waals surface area contributed by atoms with Crippen molar-refractivity contribution in [2.24, 2.45) is 5.92 Å². The summed E-state index contributed by atoms with van der Waals surface area (Å²) in [5.74, 6) is -0.254. The molecule has 6 heteroatoms. The Morgan fingerprint density at radius 2 is 2.04 bits per heavy atom. The fraction of sp³-hybridized carbons (Fsp3) is 0.684. The Morgan fingerprint density at radius 1 is 1.24 bits per heavy atom. The number of pyridine rings is 1. The summed E-state index contributed by atoms with van der Waals surface area (Å²) in [5, 5.41) is 9.13. The van der Waals surface area contributed by atoms with Crippen LogP contribution in [-0.4, -0.2) is 83.1 Å². The molecule has 2 saturated heterocycles. The van der Waals surface area contributed by atoms with Crippen molar-refractivity contribution in [2.75, 3.05) is 46.3 Å². The number of rotatable bonds is 6. The largest absolute Gasteiger partial charge is 0.481 e. The van der Waals surface area contributed by atoms with Crippen LogP contribution in [-0.2, 0) is 11.3 Å². The highest BCUT2D eigenvalue weighted by molar-refractivity contribution is 5.66. The number of nitrogens with zero attached hydrogens (tertiary/aromatic N) is 4. The molecular formula is C19H30N4O2. The molecule has 0 aromatic carbocycles. The summed E-state index contributed by atoms with van der Waals surface area (Å²) in [6.45, 7) is 7.33. The number of piperidine rings is 1. The molecule has 0 aliphatic carbocycles. The lowest BCUT2D eigenvalue weighted by molar-refractivity contribution is -0.137. The molecule has 2 aliphatic rings. The van der Waals surface area contributed by atoms with Gasteiger partial charge in [0.2, 0.25) is 0 Å². The number of likely N-dealkylation sites (tertiary alicyclic amines) is 1. The van der Waals surface area contributed by atoms with Crippen molar-refractivity contribution in [1.29, 1.82) is 0 Å². The Bertz CT molecular complexity index is 546. The van der Waals surface area contributed by atoms with E-state index in [1.54, 1.807) is 0 Å². The number of aromatic nitrogens is 1. The number of hydrogen-bond donors (Lipinski definition) is 1. The maximum atomic E-state index is 11.1. The summed E-state index contributed by atoms with van der Waals surface area (Å²) in [7, 11) is 2.18. The van der Waals surface area contributed by atoms with Crippen LogP contribution in [0.1, 0.15) is 25.0 Å². The van der Waals surface area contributed by atoms with Crippen LogP contribution in [0.15, 0.2) is 24.4 Å². The van der Waals surface area contributed by atoms with E-state index in [4.69, 9.17) is 5.11 Å². The van der Waals surface area contributed by atoms with Crippen molar-refractivity contribution in [3.63, 3.8) is 0 Å². The number of carboxylic acid groups (broad SMARTS) is 1. The van der Waals surface area contributed by atoms with Crippen LogP contribution in [0, 0.1) is 5.92 Å². The second-order valence-electron chi connectivity index (χ2n) is 7.44. The first kappa shape index (κ1) is 18.3. The van der Waals surface area contributed by atoms with E-state index in [1.807, 2.05) is 18.3 Å². The Hall–Kier alpha value is -1.50. The van der Waals surface area contributed by atoms with Crippen molar-refractivity contribution >= 4 is 5.97 Å². The molecule has 0 radical (unpaired) electrons. The maximum Gasteiger partial charge on any atom is 0.303 e. The third-order valence-corrected chi connectivity index (χ3v) is 5.63. The van der Waals surface area contributed by atoms with E-state index in [0.29, 0.717) is 12.0 Å². The standard InChI is InChI=1S/C19H30N4O2/c1-21-10-12-23(13-11-21)18-7-9-22(14-16(18)5-6-19(24)25)15-17-4-2-3-8-20-17/h2-4,8,16,18H,5-7,9-15H2,1H3,(H,24,25)/t16-,18+/m0/s1. The number of aliphatic carboxylic acids is 1. The van der Waals surface area contributed by atoms with Gasteiger partial charge in [0.1, 0.15) is 0 Å².